The van der Waals surface area contributed by atoms with Crippen molar-refractivity contribution >= 4 is 0 Å². The normalized spacial score (nSPS) is 28.0. The van der Waals surface area contributed by atoms with Gasteiger partial charge in [0.25, 0.3) is 0 Å². The van der Waals surface area contributed by atoms with E-state index in [1.807, 2.05) is 0 Å². The van der Waals surface area contributed by atoms with E-state index < -0.39 is 5.60 Å². The maximum atomic E-state index is 10.9. The van der Waals surface area contributed by atoms with E-state index in [1.165, 1.54) is 17.5 Å². The average Bonchev–Trinajstić information content (AvgIpc) is 2.23. The molecule has 1 aromatic carbocycles. The summed E-state index contributed by atoms with van der Waals surface area (Å²) in [6.45, 7) is 6.53. The molecule has 0 radical (unpaired) electrons. The minimum Gasteiger partial charge on any atom is -0.389 e. The number of aryl methyl sites for hydroxylation is 1. The van der Waals surface area contributed by atoms with Gasteiger partial charge in [0.2, 0.25) is 0 Å². The first-order valence-corrected chi connectivity index (χ1v) is 6.71. The molecule has 1 N–H and O–H groups in total. The Morgan fingerprint density at radius 3 is 2.53 bits per heavy atom. The first kappa shape index (κ1) is 12.6. The van der Waals surface area contributed by atoms with Crippen LogP contribution in [0.4, 0.5) is 0 Å². The molecule has 0 spiro atoms. The van der Waals surface area contributed by atoms with Crippen molar-refractivity contribution in [2.45, 2.75) is 58.5 Å². The lowest BCUT2D eigenvalue weighted by Crippen LogP contribution is -2.48. The molecule has 1 fully saturated rings. The number of benzene rings is 1. The molecular weight excluding hydrogens is 208 g/mol. The van der Waals surface area contributed by atoms with Gasteiger partial charge in [-0.05, 0) is 30.7 Å². The fraction of sp³-hybridized carbons (Fsp3) is 0.625. The van der Waals surface area contributed by atoms with Gasteiger partial charge < -0.3 is 5.11 Å². The van der Waals surface area contributed by atoms with Gasteiger partial charge in [-0.15, -0.1) is 0 Å². The van der Waals surface area contributed by atoms with E-state index in [0.717, 1.165) is 25.7 Å². The quantitative estimate of drug-likeness (QED) is 0.820. The zero-order valence-electron chi connectivity index (χ0n) is 11.3. The molecule has 1 aliphatic carbocycles. The molecular formula is C16H24O. The van der Waals surface area contributed by atoms with Gasteiger partial charge in [-0.1, -0.05) is 56.5 Å². The molecule has 94 valence electrons. The zero-order chi connectivity index (χ0) is 12.5. The van der Waals surface area contributed by atoms with Crippen molar-refractivity contribution < 1.29 is 5.11 Å². The fourth-order valence-electron chi connectivity index (χ4n) is 3.04. The lowest BCUT2D eigenvalue weighted by molar-refractivity contribution is -0.0958. The second-order valence-corrected chi connectivity index (χ2v) is 6.29. The molecule has 1 heteroatoms. The fourth-order valence-corrected chi connectivity index (χ4v) is 3.04. The third-order valence-electron chi connectivity index (χ3n) is 4.48. The third-order valence-corrected chi connectivity index (χ3v) is 4.48. The van der Waals surface area contributed by atoms with Crippen molar-refractivity contribution in [3.63, 3.8) is 0 Å². The first-order chi connectivity index (χ1) is 7.93. The van der Waals surface area contributed by atoms with Gasteiger partial charge in [-0.25, -0.2) is 0 Å². The standard InChI is InChI=1S/C16H24O/c1-13-7-6-8-14(11-13)12-16(17)10-5-4-9-15(16,2)3/h6-8,11,17H,4-5,9-10,12H2,1-3H3. The largest absolute Gasteiger partial charge is 0.389 e. The average molecular weight is 232 g/mol. The molecule has 0 amide bonds. The van der Waals surface area contributed by atoms with E-state index in [1.54, 1.807) is 0 Å². The highest BCUT2D eigenvalue weighted by Crippen LogP contribution is 2.45. The summed E-state index contributed by atoms with van der Waals surface area (Å²) < 4.78 is 0. The van der Waals surface area contributed by atoms with Crippen LogP contribution in [-0.2, 0) is 6.42 Å². The Labute approximate surface area is 105 Å². The van der Waals surface area contributed by atoms with Gasteiger partial charge in [-0.3, -0.25) is 0 Å². The first-order valence-electron chi connectivity index (χ1n) is 6.71. The Kier molecular flexibility index (Phi) is 3.31. The highest BCUT2D eigenvalue weighted by atomic mass is 16.3. The summed E-state index contributed by atoms with van der Waals surface area (Å²) in [6.07, 6.45) is 5.28. The molecule has 1 unspecified atom stereocenters. The second-order valence-electron chi connectivity index (χ2n) is 6.29. The molecule has 0 aliphatic heterocycles. The van der Waals surface area contributed by atoms with Gasteiger partial charge in [0.1, 0.15) is 0 Å². The molecule has 1 atom stereocenters. The van der Waals surface area contributed by atoms with Crippen molar-refractivity contribution in [3.8, 4) is 0 Å². The molecule has 0 bridgehead atoms. The van der Waals surface area contributed by atoms with E-state index >= 15 is 0 Å². The smallest absolute Gasteiger partial charge is 0.0738 e. The number of rotatable bonds is 2. The number of hydrogen-bond acceptors (Lipinski definition) is 1. The molecule has 0 aromatic heterocycles. The summed E-state index contributed by atoms with van der Waals surface area (Å²) in [5.74, 6) is 0. The van der Waals surface area contributed by atoms with Crippen LogP contribution in [0.25, 0.3) is 0 Å². The van der Waals surface area contributed by atoms with Crippen molar-refractivity contribution in [1.82, 2.24) is 0 Å². The predicted molar refractivity (Wildman–Crippen MR) is 72.1 cm³/mol. The van der Waals surface area contributed by atoms with Gasteiger partial charge in [0, 0.05) is 6.42 Å². The Hall–Kier alpha value is -0.820. The minimum absolute atomic E-state index is 0.0367. The van der Waals surface area contributed by atoms with E-state index in [2.05, 4.69) is 45.0 Å². The van der Waals surface area contributed by atoms with Gasteiger partial charge in [0.15, 0.2) is 0 Å². The summed E-state index contributed by atoms with van der Waals surface area (Å²) >= 11 is 0. The zero-order valence-corrected chi connectivity index (χ0v) is 11.3. The Morgan fingerprint density at radius 1 is 1.18 bits per heavy atom. The molecule has 2 rings (SSSR count). The van der Waals surface area contributed by atoms with Gasteiger partial charge in [-0.2, -0.15) is 0 Å². The van der Waals surface area contributed by atoms with Crippen LogP contribution in [0.5, 0.6) is 0 Å². The maximum Gasteiger partial charge on any atom is 0.0738 e. The highest BCUT2D eigenvalue weighted by Gasteiger charge is 2.44. The van der Waals surface area contributed by atoms with Crippen LogP contribution < -0.4 is 0 Å². The molecule has 1 aromatic rings. The van der Waals surface area contributed by atoms with Crippen LogP contribution in [0, 0.1) is 12.3 Å². The SMILES string of the molecule is Cc1cccc(CC2(O)CCCCC2(C)C)c1. The topological polar surface area (TPSA) is 20.2 Å². The van der Waals surface area contributed by atoms with Crippen LogP contribution in [0.15, 0.2) is 24.3 Å². The summed E-state index contributed by atoms with van der Waals surface area (Å²) in [5, 5.41) is 10.9. The summed E-state index contributed by atoms with van der Waals surface area (Å²) in [6, 6.07) is 8.53. The van der Waals surface area contributed by atoms with Gasteiger partial charge in [0.05, 0.1) is 5.60 Å². The van der Waals surface area contributed by atoms with Crippen molar-refractivity contribution in [1.29, 1.82) is 0 Å². The summed E-state index contributed by atoms with van der Waals surface area (Å²) in [4.78, 5) is 0. The number of aliphatic hydroxyl groups is 1. The number of hydrogen-bond donors (Lipinski definition) is 1. The third kappa shape index (κ3) is 2.55. The van der Waals surface area contributed by atoms with Crippen LogP contribution in [0.2, 0.25) is 0 Å². The Balaban J connectivity index is 2.21. The van der Waals surface area contributed by atoms with Crippen LogP contribution >= 0.6 is 0 Å². The monoisotopic (exact) mass is 232 g/mol. The lowest BCUT2D eigenvalue weighted by Gasteiger charge is -2.46. The summed E-state index contributed by atoms with van der Waals surface area (Å²) in [5.41, 5.74) is 2.05. The predicted octanol–water partition coefficient (Wildman–Crippen LogP) is 3.87. The van der Waals surface area contributed by atoms with E-state index in [4.69, 9.17) is 0 Å². The maximum absolute atomic E-state index is 10.9. The van der Waals surface area contributed by atoms with E-state index in [0.29, 0.717) is 0 Å². The van der Waals surface area contributed by atoms with Crippen molar-refractivity contribution in [2.75, 3.05) is 0 Å². The second kappa shape index (κ2) is 4.45. The lowest BCUT2D eigenvalue weighted by atomic mass is 9.63. The van der Waals surface area contributed by atoms with Crippen LogP contribution in [0.1, 0.15) is 50.7 Å². The molecule has 1 nitrogen and oxygen atoms in total. The molecule has 1 aliphatic rings. The van der Waals surface area contributed by atoms with Crippen LogP contribution in [0.3, 0.4) is 0 Å². The molecule has 17 heavy (non-hydrogen) atoms. The van der Waals surface area contributed by atoms with E-state index in [-0.39, 0.29) is 5.41 Å². The molecule has 0 saturated heterocycles. The highest BCUT2D eigenvalue weighted by molar-refractivity contribution is 5.24. The Bertz CT molecular complexity index is 394. The van der Waals surface area contributed by atoms with E-state index in [9.17, 15) is 5.11 Å². The minimum atomic E-state index is -0.529. The Morgan fingerprint density at radius 2 is 1.88 bits per heavy atom. The molecule has 0 heterocycles. The van der Waals surface area contributed by atoms with Crippen molar-refractivity contribution in [2.24, 2.45) is 5.41 Å². The summed E-state index contributed by atoms with van der Waals surface area (Å²) in [7, 11) is 0. The van der Waals surface area contributed by atoms with Gasteiger partial charge >= 0.3 is 0 Å². The van der Waals surface area contributed by atoms with Crippen LogP contribution in [-0.4, -0.2) is 10.7 Å². The van der Waals surface area contributed by atoms with Crippen molar-refractivity contribution in [3.05, 3.63) is 35.4 Å². The molecule has 1 saturated carbocycles.